The van der Waals surface area contributed by atoms with Crippen molar-refractivity contribution in [2.24, 2.45) is 0 Å². The zero-order valence-corrected chi connectivity index (χ0v) is 14.4. The zero-order valence-electron chi connectivity index (χ0n) is 14.4. The molecule has 1 amide bonds. The number of amides is 1. The highest BCUT2D eigenvalue weighted by Gasteiger charge is 2.17. The van der Waals surface area contributed by atoms with Gasteiger partial charge in [0.15, 0.2) is 12.7 Å². The van der Waals surface area contributed by atoms with Gasteiger partial charge in [0.25, 0.3) is 5.91 Å². The lowest BCUT2D eigenvalue weighted by Gasteiger charge is -2.13. The number of hydrogen-bond acceptors (Lipinski definition) is 5. The van der Waals surface area contributed by atoms with Crippen LogP contribution in [0.5, 0.6) is 5.75 Å². The summed E-state index contributed by atoms with van der Waals surface area (Å²) < 4.78 is 16.3. The van der Waals surface area contributed by atoms with Crippen LogP contribution in [0.1, 0.15) is 6.92 Å². The quantitative estimate of drug-likeness (QED) is 0.521. The van der Waals surface area contributed by atoms with Gasteiger partial charge < -0.3 is 19.2 Å². The highest BCUT2D eigenvalue weighted by Crippen LogP contribution is 2.31. The van der Waals surface area contributed by atoms with Crippen molar-refractivity contribution in [1.82, 2.24) is 5.32 Å². The van der Waals surface area contributed by atoms with Crippen LogP contribution in [0.4, 0.5) is 0 Å². The summed E-state index contributed by atoms with van der Waals surface area (Å²) in [6, 6.07) is 13.0. The van der Waals surface area contributed by atoms with Crippen LogP contribution in [0.15, 0.2) is 59.5 Å². The van der Waals surface area contributed by atoms with E-state index in [1.807, 2.05) is 30.3 Å². The van der Waals surface area contributed by atoms with E-state index >= 15 is 0 Å². The van der Waals surface area contributed by atoms with Gasteiger partial charge in [-0.2, -0.15) is 0 Å². The largest absolute Gasteiger partial charge is 0.482 e. The van der Waals surface area contributed by atoms with Crippen LogP contribution in [0.25, 0.3) is 21.9 Å². The molecule has 6 heteroatoms. The molecule has 0 radical (unpaired) electrons. The van der Waals surface area contributed by atoms with Crippen LogP contribution in [-0.2, 0) is 14.3 Å². The lowest BCUT2D eigenvalue weighted by atomic mass is 10.1. The first kappa shape index (κ1) is 17.5. The smallest absolute Gasteiger partial charge is 0.344 e. The molecule has 0 saturated heterocycles. The van der Waals surface area contributed by atoms with Gasteiger partial charge in [-0.1, -0.05) is 24.3 Å². The van der Waals surface area contributed by atoms with Gasteiger partial charge in [-0.15, -0.1) is 6.58 Å². The first-order valence-corrected chi connectivity index (χ1v) is 8.20. The Morgan fingerprint density at radius 2 is 1.96 bits per heavy atom. The topological polar surface area (TPSA) is 77.8 Å². The number of fused-ring (bicyclic) bond motifs is 3. The van der Waals surface area contributed by atoms with Crippen molar-refractivity contribution in [3.05, 3.63) is 55.1 Å². The molecule has 0 fully saturated rings. The molecule has 0 saturated carbocycles. The van der Waals surface area contributed by atoms with Crippen molar-refractivity contribution in [1.29, 1.82) is 0 Å². The summed E-state index contributed by atoms with van der Waals surface area (Å²) in [6.45, 7) is 5.03. The number of para-hydroxylation sites is 1. The summed E-state index contributed by atoms with van der Waals surface area (Å²) in [5.41, 5.74) is 1.53. The third-order valence-corrected chi connectivity index (χ3v) is 3.80. The summed E-state index contributed by atoms with van der Waals surface area (Å²) in [5, 5.41) is 4.44. The second kappa shape index (κ2) is 7.74. The molecule has 0 aliphatic carbocycles. The molecule has 0 aliphatic heterocycles. The molecule has 3 rings (SSSR count). The van der Waals surface area contributed by atoms with Gasteiger partial charge in [0.1, 0.15) is 16.9 Å². The van der Waals surface area contributed by atoms with Crippen molar-refractivity contribution in [2.75, 3.05) is 13.2 Å². The first-order valence-electron chi connectivity index (χ1n) is 8.20. The van der Waals surface area contributed by atoms with Crippen molar-refractivity contribution in [3.8, 4) is 5.75 Å². The third-order valence-electron chi connectivity index (χ3n) is 3.80. The van der Waals surface area contributed by atoms with Crippen LogP contribution in [-0.4, -0.2) is 31.1 Å². The number of carbonyl (C=O) groups excluding carboxylic acids is 2. The van der Waals surface area contributed by atoms with Crippen molar-refractivity contribution < 1.29 is 23.5 Å². The fraction of sp³-hybridized carbons (Fsp3) is 0.200. The molecule has 1 atom stereocenters. The Hall–Kier alpha value is -3.28. The van der Waals surface area contributed by atoms with E-state index in [4.69, 9.17) is 13.9 Å². The lowest BCUT2D eigenvalue weighted by molar-refractivity contribution is -0.156. The Labute approximate surface area is 150 Å². The van der Waals surface area contributed by atoms with E-state index in [2.05, 4.69) is 11.9 Å². The predicted molar refractivity (Wildman–Crippen MR) is 98.0 cm³/mol. The molecule has 1 N–H and O–H groups in total. The van der Waals surface area contributed by atoms with E-state index in [0.717, 1.165) is 21.9 Å². The Balaban J connectivity index is 1.62. The van der Waals surface area contributed by atoms with Crippen LogP contribution < -0.4 is 10.1 Å². The minimum absolute atomic E-state index is 0.291. The molecule has 1 aromatic heterocycles. The molecule has 6 nitrogen and oxygen atoms in total. The normalized spacial score (nSPS) is 11.9. The summed E-state index contributed by atoms with van der Waals surface area (Å²) in [4.78, 5) is 23.5. The summed E-state index contributed by atoms with van der Waals surface area (Å²) >= 11 is 0. The Morgan fingerprint density at radius 3 is 2.77 bits per heavy atom. The molecule has 0 bridgehead atoms. The summed E-state index contributed by atoms with van der Waals surface area (Å²) in [5.74, 6) is -0.488. The number of esters is 1. The van der Waals surface area contributed by atoms with Gasteiger partial charge in [-0.3, -0.25) is 4.79 Å². The molecule has 26 heavy (non-hydrogen) atoms. The molecular formula is C20H19NO5. The van der Waals surface area contributed by atoms with Gasteiger partial charge in [-0.05, 0) is 31.2 Å². The maximum absolute atomic E-state index is 11.9. The van der Waals surface area contributed by atoms with Gasteiger partial charge >= 0.3 is 5.97 Å². The number of benzene rings is 2. The second-order valence-corrected chi connectivity index (χ2v) is 5.71. The molecule has 1 heterocycles. The van der Waals surface area contributed by atoms with Crippen LogP contribution in [0.2, 0.25) is 0 Å². The third kappa shape index (κ3) is 3.85. The number of nitrogens with one attached hydrogen (secondary N) is 1. The van der Waals surface area contributed by atoms with E-state index in [-0.39, 0.29) is 12.5 Å². The van der Waals surface area contributed by atoms with Crippen molar-refractivity contribution in [3.63, 3.8) is 0 Å². The lowest BCUT2D eigenvalue weighted by Crippen LogP contribution is -2.36. The summed E-state index contributed by atoms with van der Waals surface area (Å²) in [6.07, 6.45) is 0.650. The fourth-order valence-corrected chi connectivity index (χ4v) is 2.54. The average Bonchev–Trinajstić information content (AvgIpc) is 3.02. The number of rotatable bonds is 7. The van der Waals surface area contributed by atoms with E-state index < -0.39 is 12.1 Å². The van der Waals surface area contributed by atoms with Gasteiger partial charge in [-0.25, -0.2) is 4.79 Å². The molecule has 0 spiro atoms. The average molecular weight is 353 g/mol. The second-order valence-electron chi connectivity index (χ2n) is 5.71. The highest BCUT2D eigenvalue weighted by molar-refractivity contribution is 6.05. The summed E-state index contributed by atoms with van der Waals surface area (Å²) in [7, 11) is 0. The van der Waals surface area contributed by atoms with E-state index in [0.29, 0.717) is 12.3 Å². The molecule has 3 aromatic rings. The monoisotopic (exact) mass is 353 g/mol. The standard InChI is InChI=1S/C20H19NO5/c1-3-10-21-20(23)13(2)25-19(22)12-24-14-8-9-18-16(11-14)15-6-4-5-7-17(15)26-18/h3-9,11,13H,1,10,12H2,2H3,(H,21,23). The number of ether oxygens (including phenoxy) is 2. The van der Waals surface area contributed by atoms with E-state index in [1.165, 1.54) is 6.92 Å². The van der Waals surface area contributed by atoms with Crippen molar-refractivity contribution >= 4 is 33.8 Å². The molecule has 134 valence electrons. The number of carbonyl (C=O) groups is 2. The van der Waals surface area contributed by atoms with Crippen molar-refractivity contribution in [2.45, 2.75) is 13.0 Å². The number of furan rings is 1. The van der Waals surface area contributed by atoms with Crippen LogP contribution >= 0.6 is 0 Å². The number of hydrogen-bond donors (Lipinski definition) is 1. The zero-order chi connectivity index (χ0) is 18.5. The Morgan fingerprint density at radius 1 is 1.19 bits per heavy atom. The minimum atomic E-state index is -0.897. The van der Waals surface area contributed by atoms with Crippen LogP contribution in [0, 0.1) is 0 Å². The molecular weight excluding hydrogens is 334 g/mol. The maximum atomic E-state index is 11.9. The minimum Gasteiger partial charge on any atom is -0.482 e. The molecule has 1 unspecified atom stereocenters. The van der Waals surface area contributed by atoms with Crippen LogP contribution in [0.3, 0.4) is 0 Å². The SMILES string of the molecule is C=CCNC(=O)C(C)OC(=O)COc1ccc2oc3ccccc3c2c1. The van der Waals surface area contributed by atoms with E-state index in [1.54, 1.807) is 18.2 Å². The molecule has 0 aliphatic rings. The fourth-order valence-electron chi connectivity index (χ4n) is 2.54. The predicted octanol–water partition coefficient (Wildman–Crippen LogP) is 3.20. The Kier molecular flexibility index (Phi) is 5.22. The van der Waals surface area contributed by atoms with Gasteiger partial charge in [0, 0.05) is 17.3 Å². The van der Waals surface area contributed by atoms with Gasteiger partial charge in [0.05, 0.1) is 0 Å². The van der Waals surface area contributed by atoms with Gasteiger partial charge in [0.2, 0.25) is 0 Å². The maximum Gasteiger partial charge on any atom is 0.344 e. The Bertz CT molecular complexity index is 959. The van der Waals surface area contributed by atoms with E-state index in [9.17, 15) is 9.59 Å². The first-order chi connectivity index (χ1) is 12.6. The highest BCUT2D eigenvalue weighted by atomic mass is 16.6. The molecule has 2 aromatic carbocycles.